The molecule has 1 aromatic heterocycles. The maximum atomic E-state index is 5.95. The van der Waals surface area contributed by atoms with Gasteiger partial charge in [0.25, 0.3) is 0 Å². The number of benzene rings is 1. The van der Waals surface area contributed by atoms with Crippen molar-refractivity contribution in [1.29, 1.82) is 0 Å². The summed E-state index contributed by atoms with van der Waals surface area (Å²) >= 11 is 0. The predicted octanol–water partition coefficient (Wildman–Crippen LogP) is 2.76. The minimum atomic E-state index is 0.139. The zero-order valence-electron chi connectivity index (χ0n) is 15.4. The van der Waals surface area contributed by atoms with E-state index in [9.17, 15) is 0 Å². The highest BCUT2D eigenvalue weighted by Gasteiger charge is 2.25. The Hall–Kier alpha value is -1.76. The van der Waals surface area contributed by atoms with Crippen LogP contribution in [-0.4, -0.2) is 65.9 Å². The van der Waals surface area contributed by atoms with Crippen LogP contribution in [0.25, 0.3) is 11.5 Å². The molecule has 0 spiro atoms. The number of rotatable bonds is 7. The van der Waals surface area contributed by atoms with Gasteiger partial charge < -0.3 is 9.15 Å². The Labute approximate surface area is 149 Å². The summed E-state index contributed by atoms with van der Waals surface area (Å²) in [7, 11) is 0. The summed E-state index contributed by atoms with van der Waals surface area (Å²) in [6.07, 6.45) is 0. The second kappa shape index (κ2) is 8.56. The Morgan fingerprint density at radius 2 is 2.00 bits per heavy atom. The minimum absolute atomic E-state index is 0.139. The molecule has 0 radical (unpaired) electrons. The van der Waals surface area contributed by atoms with Crippen LogP contribution < -0.4 is 0 Å². The van der Waals surface area contributed by atoms with E-state index in [4.69, 9.17) is 9.15 Å². The Morgan fingerprint density at radius 1 is 1.20 bits per heavy atom. The summed E-state index contributed by atoms with van der Waals surface area (Å²) in [6, 6.07) is 8.29. The lowest BCUT2D eigenvalue weighted by Gasteiger charge is -2.36. The molecule has 3 rings (SSSR count). The Balaban J connectivity index is 1.56. The standard InChI is InChI=1S/C19H28N4O2/c1-4-24-13-12-22-8-10-23(11-9-22)16(3)18-20-21-19(25-18)17-7-5-6-15(2)14-17/h5-7,14,16H,4,8-13H2,1-3H3. The monoisotopic (exact) mass is 344 g/mol. The lowest BCUT2D eigenvalue weighted by Crippen LogP contribution is -2.48. The van der Waals surface area contributed by atoms with E-state index in [2.05, 4.69) is 46.0 Å². The molecule has 2 aromatic rings. The van der Waals surface area contributed by atoms with Gasteiger partial charge in [-0.1, -0.05) is 17.7 Å². The van der Waals surface area contributed by atoms with E-state index >= 15 is 0 Å². The van der Waals surface area contributed by atoms with Gasteiger partial charge in [0.1, 0.15) is 0 Å². The lowest BCUT2D eigenvalue weighted by molar-refractivity contribution is 0.0622. The summed E-state index contributed by atoms with van der Waals surface area (Å²) in [6.45, 7) is 13.0. The number of aryl methyl sites for hydroxylation is 1. The highest BCUT2D eigenvalue weighted by Crippen LogP contribution is 2.25. The molecule has 1 unspecified atom stereocenters. The molecule has 0 bridgehead atoms. The average molecular weight is 344 g/mol. The first-order chi connectivity index (χ1) is 12.2. The van der Waals surface area contributed by atoms with Crippen molar-refractivity contribution < 1.29 is 9.15 Å². The van der Waals surface area contributed by atoms with E-state index in [0.29, 0.717) is 11.8 Å². The second-order valence-electron chi connectivity index (χ2n) is 6.57. The van der Waals surface area contributed by atoms with Crippen molar-refractivity contribution in [2.45, 2.75) is 26.8 Å². The van der Waals surface area contributed by atoms with Gasteiger partial charge in [-0.3, -0.25) is 9.80 Å². The minimum Gasteiger partial charge on any atom is -0.419 e. The number of ether oxygens (including phenoxy) is 1. The SMILES string of the molecule is CCOCCN1CCN(C(C)c2nnc(-c3cccc(C)c3)o2)CC1. The fraction of sp³-hybridized carbons (Fsp3) is 0.579. The molecule has 1 aliphatic rings. The van der Waals surface area contributed by atoms with Crippen molar-refractivity contribution in [1.82, 2.24) is 20.0 Å². The Bertz CT molecular complexity index is 665. The first-order valence-corrected chi connectivity index (χ1v) is 9.12. The summed E-state index contributed by atoms with van der Waals surface area (Å²) in [5.41, 5.74) is 2.17. The molecule has 1 aromatic carbocycles. The average Bonchev–Trinajstić information content (AvgIpc) is 3.12. The van der Waals surface area contributed by atoms with Crippen LogP contribution in [0.2, 0.25) is 0 Å². The van der Waals surface area contributed by atoms with Crippen LogP contribution in [0.4, 0.5) is 0 Å². The molecule has 25 heavy (non-hydrogen) atoms. The molecule has 0 amide bonds. The molecule has 1 atom stereocenters. The van der Waals surface area contributed by atoms with Crippen molar-refractivity contribution in [3.63, 3.8) is 0 Å². The Morgan fingerprint density at radius 3 is 2.72 bits per heavy atom. The number of aromatic nitrogens is 2. The van der Waals surface area contributed by atoms with Crippen molar-refractivity contribution >= 4 is 0 Å². The fourth-order valence-electron chi connectivity index (χ4n) is 3.17. The molecule has 1 saturated heterocycles. The molecule has 136 valence electrons. The van der Waals surface area contributed by atoms with Gasteiger partial charge in [-0.2, -0.15) is 0 Å². The quantitative estimate of drug-likeness (QED) is 0.720. The van der Waals surface area contributed by atoms with Gasteiger partial charge in [0.05, 0.1) is 12.6 Å². The molecule has 6 nitrogen and oxygen atoms in total. The van der Waals surface area contributed by atoms with Crippen molar-refractivity contribution in [2.24, 2.45) is 0 Å². The van der Waals surface area contributed by atoms with Crippen LogP contribution in [-0.2, 0) is 4.74 Å². The summed E-state index contributed by atoms with van der Waals surface area (Å²) < 4.78 is 11.4. The van der Waals surface area contributed by atoms with Gasteiger partial charge in [0, 0.05) is 44.9 Å². The topological polar surface area (TPSA) is 54.6 Å². The third-order valence-electron chi connectivity index (χ3n) is 4.77. The molecular weight excluding hydrogens is 316 g/mol. The van der Waals surface area contributed by atoms with Crippen molar-refractivity contribution in [2.75, 3.05) is 45.9 Å². The summed E-state index contributed by atoms with van der Waals surface area (Å²) in [4.78, 5) is 4.86. The molecule has 0 aliphatic carbocycles. The van der Waals surface area contributed by atoms with Gasteiger partial charge in [0.2, 0.25) is 11.8 Å². The molecule has 1 aliphatic heterocycles. The van der Waals surface area contributed by atoms with E-state index < -0.39 is 0 Å². The van der Waals surface area contributed by atoms with E-state index in [0.717, 1.165) is 51.5 Å². The number of hydrogen-bond acceptors (Lipinski definition) is 6. The molecule has 6 heteroatoms. The van der Waals surface area contributed by atoms with Gasteiger partial charge in [0.15, 0.2) is 0 Å². The zero-order chi connectivity index (χ0) is 17.6. The van der Waals surface area contributed by atoms with Crippen LogP contribution in [0.15, 0.2) is 28.7 Å². The number of piperazine rings is 1. The molecule has 2 heterocycles. The maximum Gasteiger partial charge on any atom is 0.247 e. The van der Waals surface area contributed by atoms with Crippen LogP contribution >= 0.6 is 0 Å². The maximum absolute atomic E-state index is 5.95. The molecule has 0 saturated carbocycles. The number of nitrogens with zero attached hydrogens (tertiary/aromatic N) is 4. The van der Waals surface area contributed by atoms with Gasteiger partial charge in [-0.25, -0.2) is 0 Å². The van der Waals surface area contributed by atoms with Crippen LogP contribution in [0.3, 0.4) is 0 Å². The van der Waals surface area contributed by atoms with Gasteiger partial charge >= 0.3 is 0 Å². The number of hydrogen-bond donors (Lipinski definition) is 0. The highest BCUT2D eigenvalue weighted by atomic mass is 16.5. The predicted molar refractivity (Wildman–Crippen MR) is 97.4 cm³/mol. The Kier molecular flexibility index (Phi) is 6.18. The van der Waals surface area contributed by atoms with Crippen LogP contribution in [0, 0.1) is 6.92 Å². The summed E-state index contributed by atoms with van der Waals surface area (Å²) in [5.74, 6) is 1.29. The molecule has 1 fully saturated rings. The van der Waals surface area contributed by atoms with Gasteiger partial charge in [-0.05, 0) is 32.9 Å². The second-order valence-corrected chi connectivity index (χ2v) is 6.57. The summed E-state index contributed by atoms with van der Waals surface area (Å²) in [5, 5.41) is 8.52. The fourth-order valence-corrected chi connectivity index (χ4v) is 3.17. The van der Waals surface area contributed by atoms with E-state index in [1.807, 2.05) is 19.1 Å². The first-order valence-electron chi connectivity index (χ1n) is 9.12. The van der Waals surface area contributed by atoms with Crippen molar-refractivity contribution in [3.05, 3.63) is 35.7 Å². The highest BCUT2D eigenvalue weighted by molar-refractivity contribution is 5.53. The third-order valence-corrected chi connectivity index (χ3v) is 4.77. The van der Waals surface area contributed by atoms with Crippen LogP contribution in [0.5, 0.6) is 0 Å². The normalized spacial score (nSPS) is 17.7. The van der Waals surface area contributed by atoms with E-state index in [-0.39, 0.29) is 6.04 Å². The molecular formula is C19H28N4O2. The lowest BCUT2D eigenvalue weighted by atomic mass is 10.1. The third kappa shape index (κ3) is 4.66. The zero-order valence-corrected chi connectivity index (χ0v) is 15.4. The smallest absolute Gasteiger partial charge is 0.247 e. The first kappa shape index (κ1) is 18.0. The van der Waals surface area contributed by atoms with E-state index in [1.54, 1.807) is 0 Å². The largest absolute Gasteiger partial charge is 0.419 e. The molecule has 0 N–H and O–H groups in total. The van der Waals surface area contributed by atoms with Crippen molar-refractivity contribution in [3.8, 4) is 11.5 Å². The van der Waals surface area contributed by atoms with Crippen LogP contribution in [0.1, 0.15) is 31.3 Å². The van der Waals surface area contributed by atoms with Gasteiger partial charge in [-0.15, -0.1) is 10.2 Å². The van der Waals surface area contributed by atoms with E-state index in [1.165, 1.54) is 5.56 Å².